The van der Waals surface area contributed by atoms with Gasteiger partial charge in [-0.2, -0.15) is 0 Å². The van der Waals surface area contributed by atoms with E-state index in [-0.39, 0.29) is 11.7 Å². The second-order valence-corrected chi connectivity index (χ2v) is 4.45. The molecule has 8 heteroatoms. The monoisotopic (exact) mass is 268 g/mol. The van der Waals surface area contributed by atoms with E-state index in [0.29, 0.717) is 19.5 Å². The molecule has 0 aliphatic carbocycles. The molecule has 1 unspecified atom stereocenters. The Kier molecular flexibility index (Phi) is 5.28. The molecule has 1 heterocycles. The molecule has 1 amide bonds. The molecule has 0 spiro atoms. The van der Waals surface area contributed by atoms with E-state index < -0.39 is 5.41 Å². The van der Waals surface area contributed by atoms with E-state index in [2.05, 4.69) is 20.8 Å². The van der Waals surface area contributed by atoms with E-state index in [4.69, 9.17) is 10.9 Å². The lowest BCUT2D eigenvalue weighted by atomic mass is 9.85. The molecule has 1 atom stereocenters. The maximum Gasteiger partial charge on any atom is 0.233 e. The number of nitrogens with one attached hydrogen (secondary N) is 1. The van der Waals surface area contributed by atoms with Gasteiger partial charge in [0.1, 0.15) is 5.41 Å². The van der Waals surface area contributed by atoms with Crippen LogP contribution in [0.5, 0.6) is 0 Å². The highest BCUT2D eigenvalue weighted by Gasteiger charge is 2.35. The van der Waals surface area contributed by atoms with Crippen LogP contribution in [0.3, 0.4) is 0 Å². The number of hydrogen-bond acceptors (Lipinski definition) is 5. The first-order valence-corrected chi connectivity index (χ1v) is 6.15. The topological polar surface area (TPSA) is 118 Å². The van der Waals surface area contributed by atoms with Gasteiger partial charge in [0.25, 0.3) is 0 Å². The van der Waals surface area contributed by atoms with Crippen LogP contribution in [0.4, 0.5) is 0 Å². The van der Waals surface area contributed by atoms with Gasteiger partial charge in [-0.1, -0.05) is 17.3 Å². The fraction of sp³-hybridized carbons (Fsp3) is 0.636. The molecule has 8 nitrogen and oxygen atoms in total. The molecule has 1 rings (SSSR count). The Bertz CT molecular complexity index is 430. The van der Waals surface area contributed by atoms with Crippen molar-refractivity contribution in [3.05, 3.63) is 12.4 Å². The molecule has 0 aliphatic rings. The zero-order chi connectivity index (χ0) is 14.3. The molecule has 0 saturated carbocycles. The molecule has 0 aliphatic heterocycles. The largest absolute Gasteiger partial charge is 0.409 e. The van der Waals surface area contributed by atoms with E-state index >= 15 is 0 Å². The summed E-state index contributed by atoms with van der Waals surface area (Å²) in [5.41, 5.74) is 4.58. The fourth-order valence-corrected chi connectivity index (χ4v) is 1.56. The number of nitrogens with two attached hydrogens (primary N) is 1. The molecule has 19 heavy (non-hydrogen) atoms. The first-order valence-electron chi connectivity index (χ1n) is 6.15. The van der Waals surface area contributed by atoms with Crippen LogP contribution in [0.1, 0.15) is 26.7 Å². The van der Waals surface area contributed by atoms with Crippen LogP contribution in [0.15, 0.2) is 17.5 Å². The van der Waals surface area contributed by atoms with Crippen molar-refractivity contribution in [1.29, 1.82) is 0 Å². The number of oxime groups is 1. The minimum Gasteiger partial charge on any atom is -0.409 e. The molecule has 1 aromatic rings. The Hall–Kier alpha value is -2.12. The van der Waals surface area contributed by atoms with Crippen LogP contribution in [-0.2, 0) is 11.3 Å². The van der Waals surface area contributed by atoms with Gasteiger partial charge in [-0.25, -0.2) is 0 Å². The van der Waals surface area contributed by atoms with E-state index in [1.165, 1.54) is 0 Å². The molecule has 0 aromatic carbocycles. The summed E-state index contributed by atoms with van der Waals surface area (Å²) in [4.78, 5) is 12.0. The normalized spacial score (nSPS) is 14.9. The van der Waals surface area contributed by atoms with Gasteiger partial charge in [0.05, 0.1) is 6.20 Å². The first kappa shape index (κ1) is 14.9. The predicted octanol–water partition coefficient (Wildman–Crippen LogP) is -0.0529. The third kappa shape index (κ3) is 3.67. The van der Waals surface area contributed by atoms with Gasteiger partial charge in [0.15, 0.2) is 5.84 Å². The average molecular weight is 268 g/mol. The number of aryl methyl sites for hydroxylation is 1. The summed E-state index contributed by atoms with van der Waals surface area (Å²) in [7, 11) is 0. The second kappa shape index (κ2) is 6.72. The maximum absolute atomic E-state index is 12.0. The Morgan fingerprint density at radius 3 is 2.89 bits per heavy atom. The molecule has 0 fully saturated rings. The zero-order valence-corrected chi connectivity index (χ0v) is 11.2. The number of carbonyl (C=O) groups excluding carboxylic acids is 1. The molecule has 106 valence electrons. The SMILES string of the molecule is CCC(C)(C(=O)NCCCn1ccnn1)/C(N)=N/O. The molecule has 1 aromatic heterocycles. The van der Waals surface area contributed by atoms with Crippen LogP contribution in [-0.4, -0.2) is 38.5 Å². The summed E-state index contributed by atoms with van der Waals surface area (Å²) in [6, 6.07) is 0. The average Bonchev–Trinajstić information content (AvgIpc) is 2.94. The van der Waals surface area contributed by atoms with E-state index in [9.17, 15) is 4.79 Å². The van der Waals surface area contributed by atoms with Gasteiger partial charge in [0, 0.05) is 19.3 Å². The smallest absolute Gasteiger partial charge is 0.233 e. The van der Waals surface area contributed by atoms with Gasteiger partial charge in [0.2, 0.25) is 5.91 Å². The fourth-order valence-electron chi connectivity index (χ4n) is 1.56. The van der Waals surface area contributed by atoms with E-state index in [0.717, 1.165) is 6.42 Å². The van der Waals surface area contributed by atoms with Crippen LogP contribution in [0, 0.1) is 5.41 Å². The van der Waals surface area contributed by atoms with Crippen molar-refractivity contribution in [2.45, 2.75) is 33.2 Å². The van der Waals surface area contributed by atoms with E-state index in [1.807, 2.05) is 6.92 Å². The summed E-state index contributed by atoms with van der Waals surface area (Å²) in [6.45, 7) is 4.63. The van der Waals surface area contributed by atoms with Gasteiger partial charge in [-0.15, -0.1) is 5.10 Å². The number of nitrogens with zero attached hydrogens (tertiary/aromatic N) is 4. The molecule has 4 N–H and O–H groups in total. The zero-order valence-electron chi connectivity index (χ0n) is 11.2. The highest BCUT2D eigenvalue weighted by Crippen LogP contribution is 2.21. The van der Waals surface area contributed by atoms with E-state index in [1.54, 1.807) is 24.0 Å². The number of amidine groups is 1. The lowest BCUT2D eigenvalue weighted by molar-refractivity contribution is -0.127. The predicted molar refractivity (Wildman–Crippen MR) is 69.5 cm³/mol. The van der Waals surface area contributed by atoms with Crippen LogP contribution in [0.25, 0.3) is 0 Å². The van der Waals surface area contributed by atoms with Crippen molar-refractivity contribution >= 4 is 11.7 Å². The minimum atomic E-state index is -0.984. The van der Waals surface area contributed by atoms with Gasteiger partial charge < -0.3 is 16.3 Å². The highest BCUT2D eigenvalue weighted by atomic mass is 16.4. The van der Waals surface area contributed by atoms with Crippen molar-refractivity contribution in [2.75, 3.05) is 6.54 Å². The van der Waals surface area contributed by atoms with Gasteiger partial charge >= 0.3 is 0 Å². The van der Waals surface area contributed by atoms with Crippen LogP contribution in [0.2, 0.25) is 0 Å². The van der Waals surface area contributed by atoms with Crippen molar-refractivity contribution < 1.29 is 10.0 Å². The highest BCUT2D eigenvalue weighted by molar-refractivity contribution is 6.06. The van der Waals surface area contributed by atoms with Crippen LogP contribution >= 0.6 is 0 Å². The second-order valence-electron chi connectivity index (χ2n) is 4.45. The third-order valence-electron chi connectivity index (χ3n) is 3.20. The Morgan fingerprint density at radius 2 is 2.37 bits per heavy atom. The third-order valence-corrected chi connectivity index (χ3v) is 3.20. The summed E-state index contributed by atoms with van der Waals surface area (Å²) in [5.74, 6) is -0.326. The molecule has 0 bridgehead atoms. The molecule has 0 saturated heterocycles. The van der Waals surface area contributed by atoms with Crippen molar-refractivity contribution in [3.8, 4) is 0 Å². The molecular weight excluding hydrogens is 248 g/mol. The minimum absolute atomic E-state index is 0.0798. The lowest BCUT2D eigenvalue weighted by Gasteiger charge is -2.25. The Labute approximate surface area is 111 Å². The quantitative estimate of drug-likeness (QED) is 0.210. The molecular formula is C11H20N6O2. The van der Waals surface area contributed by atoms with Crippen molar-refractivity contribution in [3.63, 3.8) is 0 Å². The number of rotatable bonds is 7. The summed E-state index contributed by atoms with van der Waals surface area (Å²) >= 11 is 0. The van der Waals surface area contributed by atoms with Crippen LogP contribution < -0.4 is 11.1 Å². The maximum atomic E-state index is 12.0. The van der Waals surface area contributed by atoms with Crippen molar-refractivity contribution in [2.24, 2.45) is 16.3 Å². The standard InChI is InChI=1S/C11H20N6O2/c1-3-11(2,9(12)15-19)10(18)13-5-4-7-17-8-6-14-16-17/h6,8,19H,3-5,7H2,1-2H3,(H2,12,15)(H,13,18). The first-order chi connectivity index (χ1) is 9.04. The summed E-state index contributed by atoms with van der Waals surface area (Å²) in [5, 5.41) is 21.9. The van der Waals surface area contributed by atoms with Crippen molar-refractivity contribution in [1.82, 2.24) is 20.3 Å². The van der Waals surface area contributed by atoms with Gasteiger partial charge in [-0.3, -0.25) is 9.48 Å². The summed E-state index contributed by atoms with van der Waals surface area (Å²) in [6.07, 6.45) is 4.54. The number of amides is 1. The molecule has 0 radical (unpaired) electrons. The number of aromatic nitrogens is 3. The number of carbonyl (C=O) groups is 1. The van der Waals surface area contributed by atoms with Gasteiger partial charge in [-0.05, 0) is 19.8 Å². The number of hydrogen-bond donors (Lipinski definition) is 3. The Balaban J connectivity index is 2.41. The lowest BCUT2D eigenvalue weighted by Crippen LogP contribution is -2.47. The summed E-state index contributed by atoms with van der Waals surface area (Å²) < 4.78 is 1.69. The Morgan fingerprint density at radius 1 is 1.63 bits per heavy atom.